The van der Waals surface area contributed by atoms with Crippen molar-refractivity contribution in [3.05, 3.63) is 27.6 Å². The molecule has 0 amide bonds. The second kappa shape index (κ2) is 6.34. The summed E-state index contributed by atoms with van der Waals surface area (Å²) in [6, 6.07) is 4.56. The molecule has 0 unspecified atom stereocenters. The molecule has 0 aliphatic rings. The first-order valence-electron chi connectivity index (χ1n) is 4.99. The maximum Gasteiger partial charge on any atom is 0.170 e. The van der Waals surface area contributed by atoms with Crippen LogP contribution in [0.4, 0.5) is 10.1 Å². The Balaban J connectivity index is 2.56. The topological polar surface area (TPSA) is 24.1 Å². The smallest absolute Gasteiger partial charge is 0.170 e. The Bertz CT molecular complexity index is 382. The zero-order chi connectivity index (χ0) is 12.1. The van der Waals surface area contributed by atoms with Crippen LogP contribution < -0.4 is 10.6 Å². The molecular formula is C11H14FIN2S. The number of anilines is 1. The van der Waals surface area contributed by atoms with Gasteiger partial charge in [-0.1, -0.05) is 13.8 Å². The van der Waals surface area contributed by atoms with Crippen LogP contribution in [0, 0.1) is 15.3 Å². The van der Waals surface area contributed by atoms with Crippen LogP contribution in [-0.2, 0) is 0 Å². The van der Waals surface area contributed by atoms with E-state index in [1.165, 1.54) is 12.1 Å². The van der Waals surface area contributed by atoms with Crippen molar-refractivity contribution >= 4 is 45.6 Å². The summed E-state index contributed by atoms with van der Waals surface area (Å²) in [7, 11) is 0. The van der Waals surface area contributed by atoms with Crippen molar-refractivity contribution in [2.75, 3.05) is 11.9 Å². The molecule has 0 saturated heterocycles. The van der Waals surface area contributed by atoms with Gasteiger partial charge in [0, 0.05) is 10.1 Å². The van der Waals surface area contributed by atoms with Crippen LogP contribution in [0.5, 0.6) is 0 Å². The predicted molar refractivity (Wildman–Crippen MR) is 78.2 cm³/mol. The van der Waals surface area contributed by atoms with Crippen LogP contribution in [0.1, 0.15) is 13.8 Å². The molecule has 16 heavy (non-hydrogen) atoms. The summed E-state index contributed by atoms with van der Waals surface area (Å²) in [4.78, 5) is 0. The zero-order valence-corrected chi connectivity index (χ0v) is 12.2. The summed E-state index contributed by atoms with van der Waals surface area (Å²) in [6.07, 6.45) is 0. The number of hydrogen-bond acceptors (Lipinski definition) is 1. The molecule has 0 aliphatic heterocycles. The fourth-order valence-electron chi connectivity index (χ4n) is 1.05. The number of thiocarbonyl (C=S) groups is 1. The molecule has 0 aliphatic carbocycles. The summed E-state index contributed by atoms with van der Waals surface area (Å²) < 4.78 is 13.7. The largest absolute Gasteiger partial charge is 0.362 e. The normalized spacial score (nSPS) is 10.3. The number of rotatable bonds is 3. The van der Waals surface area contributed by atoms with Gasteiger partial charge in [0.15, 0.2) is 5.11 Å². The van der Waals surface area contributed by atoms with Gasteiger partial charge < -0.3 is 10.6 Å². The summed E-state index contributed by atoms with van der Waals surface area (Å²) in [6.45, 7) is 5.04. The predicted octanol–water partition coefficient (Wildman–Crippen LogP) is 3.37. The third-order valence-electron chi connectivity index (χ3n) is 1.85. The Hall–Kier alpha value is -0.430. The molecule has 1 aromatic rings. The number of halogens is 2. The standard InChI is InChI=1S/C11H14FIN2S/c1-7(2)6-14-11(16)15-10-4-3-8(12)5-9(10)13/h3-5,7H,6H2,1-2H3,(H2,14,15,16). The molecule has 0 aromatic heterocycles. The molecular weight excluding hydrogens is 338 g/mol. The van der Waals surface area contributed by atoms with Crippen LogP contribution in [0.3, 0.4) is 0 Å². The first kappa shape index (κ1) is 13.6. The summed E-state index contributed by atoms with van der Waals surface area (Å²) in [5.74, 6) is 0.294. The zero-order valence-electron chi connectivity index (χ0n) is 9.18. The van der Waals surface area contributed by atoms with Gasteiger partial charge in [-0.25, -0.2) is 4.39 Å². The summed E-state index contributed by atoms with van der Waals surface area (Å²) >= 11 is 7.20. The first-order chi connectivity index (χ1) is 7.49. The van der Waals surface area contributed by atoms with Gasteiger partial charge in [-0.15, -0.1) is 0 Å². The highest BCUT2D eigenvalue weighted by molar-refractivity contribution is 14.1. The SMILES string of the molecule is CC(C)CNC(=S)Nc1ccc(F)cc1I. The molecule has 0 radical (unpaired) electrons. The van der Waals surface area contributed by atoms with Gasteiger partial charge >= 0.3 is 0 Å². The molecule has 0 saturated carbocycles. The van der Waals surface area contributed by atoms with Crippen molar-refractivity contribution < 1.29 is 4.39 Å². The Morgan fingerprint density at radius 2 is 2.19 bits per heavy atom. The van der Waals surface area contributed by atoms with Crippen molar-refractivity contribution in [2.45, 2.75) is 13.8 Å². The van der Waals surface area contributed by atoms with Crippen molar-refractivity contribution in [1.82, 2.24) is 5.32 Å². The minimum Gasteiger partial charge on any atom is -0.362 e. The second-order valence-electron chi connectivity index (χ2n) is 3.85. The Morgan fingerprint density at radius 3 is 2.75 bits per heavy atom. The van der Waals surface area contributed by atoms with Crippen LogP contribution in [-0.4, -0.2) is 11.7 Å². The van der Waals surface area contributed by atoms with E-state index < -0.39 is 0 Å². The molecule has 0 spiro atoms. The van der Waals surface area contributed by atoms with E-state index in [0.29, 0.717) is 11.0 Å². The average molecular weight is 352 g/mol. The fraction of sp³-hybridized carbons (Fsp3) is 0.364. The molecule has 0 fully saturated rings. The average Bonchev–Trinajstić information content (AvgIpc) is 2.19. The number of benzene rings is 1. The van der Waals surface area contributed by atoms with Crippen LogP contribution >= 0.6 is 34.8 Å². The highest BCUT2D eigenvalue weighted by Gasteiger charge is 2.03. The maximum atomic E-state index is 12.9. The molecule has 1 rings (SSSR count). The highest BCUT2D eigenvalue weighted by Crippen LogP contribution is 2.18. The van der Waals surface area contributed by atoms with E-state index in [1.54, 1.807) is 6.07 Å². The van der Waals surface area contributed by atoms with Crippen LogP contribution in [0.2, 0.25) is 0 Å². The third-order valence-corrected chi connectivity index (χ3v) is 2.99. The molecule has 0 heterocycles. The van der Waals surface area contributed by atoms with Crippen molar-refractivity contribution in [3.8, 4) is 0 Å². The van der Waals surface area contributed by atoms with E-state index >= 15 is 0 Å². The van der Waals surface area contributed by atoms with Gasteiger partial charge in [0.25, 0.3) is 0 Å². The van der Waals surface area contributed by atoms with Crippen molar-refractivity contribution in [1.29, 1.82) is 0 Å². The van der Waals surface area contributed by atoms with Gasteiger partial charge in [0.2, 0.25) is 0 Å². The van der Waals surface area contributed by atoms with Gasteiger partial charge in [0.05, 0.1) is 5.69 Å². The molecule has 88 valence electrons. The van der Waals surface area contributed by atoms with Crippen molar-refractivity contribution in [2.24, 2.45) is 5.92 Å². The van der Waals surface area contributed by atoms with E-state index in [4.69, 9.17) is 12.2 Å². The number of nitrogens with one attached hydrogen (secondary N) is 2. The van der Waals surface area contributed by atoms with E-state index in [9.17, 15) is 4.39 Å². The molecule has 2 nitrogen and oxygen atoms in total. The lowest BCUT2D eigenvalue weighted by Crippen LogP contribution is -2.31. The fourth-order valence-corrected chi connectivity index (χ4v) is 1.86. The Morgan fingerprint density at radius 1 is 1.50 bits per heavy atom. The highest BCUT2D eigenvalue weighted by atomic mass is 127. The van der Waals surface area contributed by atoms with Crippen LogP contribution in [0.15, 0.2) is 18.2 Å². The number of hydrogen-bond donors (Lipinski definition) is 2. The summed E-state index contributed by atoms with van der Waals surface area (Å²) in [5, 5.41) is 6.70. The minimum atomic E-state index is -0.240. The van der Waals surface area contributed by atoms with E-state index in [-0.39, 0.29) is 5.82 Å². The van der Waals surface area contributed by atoms with E-state index in [0.717, 1.165) is 15.8 Å². The van der Waals surface area contributed by atoms with Gasteiger partial charge in [-0.2, -0.15) is 0 Å². The molecule has 1 aromatic carbocycles. The molecule has 2 N–H and O–H groups in total. The van der Waals surface area contributed by atoms with Crippen molar-refractivity contribution in [3.63, 3.8) is 0 Å². The monoisotopic (exact) mass is 352 g/mol. The van der Waals surface area contributed by atoms with E-state index in [2.05, 4.69) is 47.1 Å². The second-order valence-corrected chi connectivity index (χ2v) is 5.42. The van der Waals surface area contributed by atoms with Crippen LogP contribution in [0.25, 0.3) is 0 Å². The first-order valence-corrected chi connectivity index (χ1v) is 6.47. The van der Waals surface area contributed by atoms with Gasteiger partial charge in [-0.3, -0.25) is 0 Å². The molecule has 0 bridgehead atoms. The molecule has 5 heteroatoms. The Labute approximate surface area is 114 Å². The van der Waals surface area contributed by atoms with E-state index in [1.807, 2.05) is 0 Å². The maximum absolute atomic E-state index is 12.9. The molecule has 0 atom stereocenters. The lowest BCUT2D eigenvalue weighted by atomic mass is 10.2. The summed E-state index contributed by atoms with van der Waals surface area (Å²) in [5.41, 5.74) is 0.822. The Kier molecular flexibility index (Phi) is 5.40. The lowest BCUT2D eigenvalue weighted by Gasteiger charge is -2.13. The van der Waals surface area contributed by atoms with Gasteiger partial charge in [0.1, 0.15) is 5.82 Å². The quantitative estimate of drug-likeness (QED) is 0.644. The lowest BCUT2D eigenvalue weighted by molar-refractivity contribution is 0.626. The minimum absolute atomic E-state index is 0.240. The van der Waals surface area contributed by atoms with Gasteiger partial charge in [-0.05, 0) is 58.9 Å². The third kappa shape index (κ3) is 4.61.